The van der Waals surface area contributed by atoms with Gasteiger partial charge in [-0.25, -0.2) is 0 Å². The van der Waals surface area contributed by atoms with Crippen molar-refractivity contribution in [3.8, 4) is 0 Å². The molecule has 0 saturated carbocycles. The molecule has 1 rings (SSSR count). The molecule has 0 spiro atoms. The molecule has 0 saturated heterocycles. The Balaban J connectivity index is 2.91. The molecular weight excluding hydrogens is 166 g/mol. The highest BCUT2D eigenvalue weighted by Gasteiger charge is 2.27. The molecule has 0 unspecified atom stereocenters. The molecule has 13 heavy (non-hydrogen) atoms. The Bertz CT molecular complexity index is 266. The second kappa shape index (κ2) is 3.87. The summed E-state index contributed by atoms with van der Waals surface area (Å²) in [5, 5.41) is 18.0. The molecule has 0 fully saturated rings. The summed E-state index contributed by atoms with van der Waals surface area (Å²) in [5.41, 5.74) is -0.118. The van der Waals surface area contributed by atoms with Gasteiger partial charge in [0.05, 0.1) is 6.20 Å². The molecule has 4 nitrogen and oxygen atoms in total. The number of rotatable bonds is 4. The lowest BCUT2D eigenvalue weighted by Crippen LogP contribution is -2.23. The van der Waals surface area contributed by atoms with Gasteiger partial charge in [0.2, 0.25) is 0 Å². The van der Waals surface area contributed by atoms with Crippen LogP contribution in [0.15, 0.2) is 6.20 Å². The summed E-state index contributed by atoms with van der Waals surface area (Å²) in [6, 6.07) is 0. The van der Waals surface area contributed by atoms with Gasteiger partial charge in [0, 0.05) is 6.54 Å². The quantitative estimate of drug-likeness (QED) is 0.765. The summed E-state index contributed by atoms with van der Waals surface area (Å²) in [6.45, 7) is 6.69. The highest BCUT2D eigenvalue weighted by atomic mass is 16.3. The maximum atomic E-state index is 10.1. The first kappa shape index (κ1) is 10.2. The summed E-state index contributed by atoms with van der Waals surface area (Å²) in [4.78, 5) is 0. The maximum Gasteiger partial charge on any atom is 0.114 e. The third-order valence-corrected chi connectivity index (χ3v) is 2.51. The average molecular weight is 183 g/mol. The van der Waals surface area contributed by atoms with E-state index in [-0.39, 0.29) is 0 Å². The van der Waals surface area contributed by atoms with E-state index in [1.807, 2.05) is 27.0 Å². The Morgan fingerprint density at radius 1 is 1.38 bits per heavy atom. The van der Waals surface area contributed by atoms with Crippen LogP contribution in [0.4, 0.5) is 0 Å². The Kier molecular flexibility index (Phi) is 3.03. The van der Waals surface area contributed by atoms with Crippen molar-refractivity contribution in [1.82, 2.24) is 15.0 Å². The van der Waals surface area contributed by atoms with Gasteiger partial charge in [0.15, 0.2) is 0 Å². The molecule has 0 radical (unpaired) electrons. The lowest BCUT2D eigenvalue weighted by Gasteiger charge is -2.21. The predicted molar refractivity (Wildman–Crippen MR) is 50.2 cm³/mol. The zero-order valence-corrected chi connectivity index (χ0v) is 8.49. The van der Waals surface area contributed by atoms with Crippen molar-refractivity contribution in [1.29, 1.82) is 0 Å². The van der Waals surface area contributed by atoms with Gasteiger partial charge in [-0.3, -0.25) is 4.68 Å². The number of aliphatic hydroxyl groups is 1. The van der Waals surface area contributed by atoms with Crippen LogP contribution in [0.5, 0.6) is 0 Å². The second-order valence-corrected chi connectivity index (χ2v) is 3.20. The molecule has 0 aliphatic carbocycles. The van der Waals surface area contributed by atoms with Crippen molar-refractivity contribution < 1.29 is 5.11 Å². The number of hydrogen-bond acceptors (Lipinski definition) is 3. The van der Waals surface area contributed by atoms with E-state index in [1.54, 1.807) is 4.68 Å². The molecule has 0 aliphatic rings. The zero-order valence-electron chi connectivity index (χ0n) is 8.49. The van der Waals surface area contributed by atoms with E-state index < -0.39 is 5.60 Å². The number of aromatic nitrogens is 3. The zero-order chi connectivity index (χ0) is 9.90. The molecule has 0 aliphatic heterocycles. The minimum absolute atomic E-state index is 0.673. The van der Waals surface area contributed by atoms with Gasteiger partial charge in [-0.2, -0.15) is 0 Å². The van der Waals surface area contributed by atoms with Crippen LogP contribution in [-0.4, -0.2) is 20.1 Å². The van der Waals surface area contributed by atoms with Gasteiger partial charge in [0.25, 0.3) is 0 Å². The summed E-state index contributed by atoms with van der Waals surface area (Å²) in [7, 11) is 0. The Morgan fingerprint density at radius 2 is 2.00 bits per heavy atom. The second-order valence-electron chi connectivity index (χ2n) is 3.20. The van der Waals surface area contributed by atoms with Crippen LogP contribution < -0.4 is 0 Å². The van der Waals surface area contributed by atoms with E-state index in [4.69, 9.17) is 0 Å². The minimum atomic E-state index is -0.798. The van der Waals surface area contributed by atoms with E-state index in [0.29, 0.717) is 18.5 Å². The maximum absolute atomic E-state index is 10.1. The topological polar surface area (TPSA) is 50.9 Å². The van der Waals surface area contributed by atoms with Crippen molar-refractivity contribution in [2.45, 2.75) is 45.8 Å². The highest BCUT2D eigenvalue weighted by Crippen LogP contribution is 2.25. The summed E-state index contributed by atoms with van der Waals surface area (Å²) in [6.07, 6.45) is 3.16. The van der Waals surface area contributed by atoms with Gasteiger partial charge in [-0.1, -0.05) is 19.1 Å². The van der Waals surface area contributed by atoms with E-state index in [9.17, 15) is 5.11 Å². The molecule has 1 aromatic rings. The first-order valence-electron chi connectivity index (χ1n) is 4.79. The summed E-state index contributed by atoms with van der Waals surface area (Å²) in [5.74, 6) is 0. The fourth-order valence-corrected chi connectivity index (χ4v) is 1.28. The predicted octanol–water partition coefficient (Wildman–Crippen LogP) is 1.31. The van der Waals surface area contributed by atoms with Crippen molar-refractivity contribution in [3.05, 3.63) is 11.9 Å². The van der Waals surface area contributed by atoms with Crippen molar-refractivity contribution in [2.75, 3.05) is 0 Å². The molecule has 0 atom stereocenters. The normalized spacial score (nSPS) is 12.0. The first-order chi connectivity index (χ1) is 6.16. The van der Waals surface area contributed by atoms with Crippen molar-refractivity contribution in [3.63, 3.8) is 0 Å². The van der Waals surface area contributed by atoms with E-state index in [1.165, 1.54) is 0 Å². The van der Waals surface area contributed by atoms with Crippen LogP contribution >= 0.6 is 0 Å². The minimum Gasteiger partial charge on any atom is -0.383 e. The SMILES string of the molecule is CCn1cc(C(O)(CC)CC)nn1. The van der Waals surface area contributed by atoms with Crippen LogP contribution in [0.1, 0.15) is 39.3 Å². The fraction of sp³-hybridized carbons (Fsp3) is 0.778. The molecule has 0 bridgehead atoms. The largest absolute Gasteiger partial charge is 0.383 e. The van der Waals surface area contributed by atoms with Gasteiger partial charge in [-0.15, -0.1) is 5.10 Å². The van der Waals surface area contributed by atoms with Crippen LogP contribution in [0.3, 0.4) is 0 Å². The first-order valence-corrected chi connectivity index (χ1v) is 4.79. The van der Waals surface area contributed by atoms with Gasteiger partial charge >= 0.3 is 0 Å². The van der Waals surface area contributed by atoms with E-state index in [0.717, 1.165) is 6.54 Å². The Labute approximate surface area is 78.6 Å². The van der Waals surface area contributed by atoms with Crippen LogP contribution in [0.25, 0.3) is 0 Å². The van der Waals surface area contributed by atoms with E-state index >= 15 is 0 Å². The van der Waals surface area contributed by atoms with Crippen LogP contribution in [0, 0.1) is 0 Å². The third kappa shape index (κ3) is 1.88. The van der Waals surface area contributed by atoms with Gasteiger partial charge in [0.1, 0.15) is 11.3 Å². The van der Waals surface area contributed by atoms with E-state index in [2.05, 4.69) is 10.3 Å². The molecule has 4 heteroatoms. The van der Waals surface area contributed by atoms with Crippen LogP contribution in [0.2, 0.25) is 0 Å². The van der Waals surface area contributed by atoms with Crippen molar-refractivity contribution >= 4 is 0 Å². The Hall–Kier alpha value is -0.900. The summed E-state index contributed by atoms with van der Waals surface area (Å²) >= 11 is 0. The molecule has 1 N–H and O–H groups in total. The van der Waals surface area contributed by atoms with Gasteiger partial charge < -0.3 is 5.11 Å². The molecular formula is C9H17N3O. The molecule has 0 amide bonds. The molecule has 1 aromatic heterocycles. The molecule has 1 heterocycles. The smallest absolute Gasteiger partial charge is 0.114 e. The number of hydrogen-bond donors (Lipinski definition) is 1. The highest BCUT2D eigenvalue weighted by molar-refractivity contribution is 5.05. The third-order valence-electron chi connectivity index (χ3n) is 2.51. The molecule has 0 aromatic carbocycles. The average Bonchev–Trinajstić information content (AvgIpc) is 2.65. The summed E-state index contributed by atoms with van der Waals surface area (Å²) < 4.78 is 1.73. The lowest BCUT2D eigenvalue weighted by atomic mass is 9.94. The van der Waals surface area contributed by atoms with Crippen molar-refractivity contribution in [2.24, 2.45) is 0 Å². The molecule has 74 valence electrons. The monoisotopic (exact) mass is 183 g/mol. The lowest BCUT2D eigenvalue weighted by molar-refractivity contribution is 0.0239. The number of aryl methyl sites for hydroxylation is 1. The fourth-order valence-electron chi connectivity index (χ4n) is 1.28. The number of nitrogens with zero attached hydrogens (tertiary/aromatic N) is 3. The van der Waals surface area contributed by atoms with Gasteiger partial charge in [-0.05, 0) is 19.8 Å². The standard InChI is InChI=1S/C9H17N3O/c1-4-9(13,5-2)8-7-12(6-3)11-10-8/h7,13H,4-6H2,1-3H3. The van der Waals surface area contributed by atoms with Crippen LogP contribution in [-0.2, 0) is 12.1 Å². The Morgan fingerprint density at radius 3 is 2.38 bits per heavy atom.